The normalized spacial score (nSPS) is 10.7. The first-order valence-corrected chi connectivity index (χ1v) is 6.02. The number of halogens is 2. The number of amidine groups is 1. The summed E-state index contributed by atoms with van der Waals surface area (Å²) < 4.78 is 26.3. The first kappa shape index (κ1) is 12.3. The van der Waals surface area contributed by atoms with E-state index < -0.39 is 11.6 Å². The Morgan fingerprint density at radius 2 is 1.85 bits per heavy atom. The molecule has 0 aliphatic heterocycles. The molecule has 0 bridgehead atoms. The summed E-state index contributed by atoms with van der Waals surface area (Å²) in [7, 11) is 0. The summed E-state index contributed by atoms with van der Waals surface area (Å²) in [5, 5.41) is 11.5. The SMILES string of the molecule is N=C(Nc1ccc(F)cc1F)c1cc2ccccc2[nH]1. The van der Waals surface area contributed by atoms with Gasteiger partial charge in [-0.05, 0) is 24.3 Å². The van der Waals surface area contributed by atoms with Crippen molar-refractivity contribution >= 4 is 22.4 Å². The fraction of sp³-hybridized carbons (Fsp3) is 0. The highest BCUT2D eigenvalue weighted by atomic mass is 19.1. The van der Waals surface area contributed by atoms with Crippen LogP contribution in [0.5, 0.6) is 0 Å². The molecule has 0 saturated carbocycles. The van der Waals surface area contributed by atoms with Gasteiger partial charge in [-0.2, -0.15) is 0 Å². The van der Waals surface area contributed by atoms with Crippen molar-refractivity contribution in [2.24, 2.45) is 0 Å². The predicted molar refractivity (Wildman–Crippen MR) is 75.1 cm³/mol. The maximum Gasteiger partial charge on any atom is 0.149 e. The van der Waals surface area contributed by atoms with Gasteiger partial charge in [-0.15, -0.1) is 0 Å². The van der Waals surface area contributed by atoms with Gasteiger partial charge in [-0.3, -0.25) is 5.41 Å². The largest absolute Gasteiger partial charge is 0.352 e. The summed E-state index contributed by atoms with van der Waals surface area (Å²) in [6.45, 7) is 0. The lowest BCUT2D eigenvalue weighted by Gasteiger charge is -2.07. The standard InChI is InChI=1S/C15H11F2N3/c16-10-5-6-13(11(17)8-10)20-15(18)14-7-9-3-1-2-4-12(9)19-14/h1-8,19H,(H2,18,20). The van der Waals surface area contributed by atoms with Crippen molar-refractivity contribution in [2.45, 2.75) is 0 Å². The molecular formula is C15H11F2N3. The lowest BCUT2D eigenvalue weighted by Crippen LogP contribution is -2.13. The second kappa shape index (κ2) is 4.77. The fourth-order valence-corrected chi connectivity index (χ4v) is 2.00. The zero-order chi connectivity index (χ0) is 14.1. The molecule has 0 unspecified atom stereocenters. The minimum atomic E-state index is -0.731. The van der Waals surface area contributed by atoms with Crippen molar-refractivity contribution in [3.63, 3.8) is 0 Å². The fourth-order valence-electron chi connectivity index (χ4n) is 2.00. The molecule has 0 atom stereocenters. The van der Waals surface area contributed by atoms with E-state index in [0.717, 1.165) is 23.0 Å². The predicted octanol–water partition coefficient (Wildman–Crippen LogP) is 3.88. The quantitative estimate of drug-likeness (QED) is 0.481. The Morgan fingerprint density at radius 1 is 1.05 bits per heavy atom. The van der Waals surface area contributed by atoms with Crippen LogP contribution in [-0.4, -0.2) is 10.8 Å². The number of para-hydroxylation sites is 1. The lowest BCUT2D eigenvalue weighted by molar-refractivity contribution is 0.586. The van der Waals surface area contributed by atoms with Crippen molar-refractivity contribution in [3.8, 4) is 0 Å². The number of anilines is 1. The number of hydrogen-bond donors (Lipinski definition) is 3. The highest BCUT2D eigenvalue weighted by Crippen LogP contribution is 2.18. The molecule has 3 nitrogen and oxygen atoms in total. The first-order valence-electron chi connectivity index (χ1n) is 6.02. The number of aromatic nitrogens is 1. The Kier molecular flexibility index (Phi) is 2.95. The van der Waals surface area contributed by atoms with Gasteiger partial charge in [0.05, 0.1) is 11.4 Å². The number of benzene rings is 2. The van der Waals surface area contributed by atoms with Crippen LogP contribution in [0.4, 0.5) is 14.5 Å². The summed E-state index contributed by atoms with van der Waals surface area (Å²) in [5.41, 5.74) is 1.50. The Morgan fingerprint density at radius 3 is 2.60 bits per heavy atom. The molecule has 0 radical (unpaired) electrons. The van der Waals surface area contributed by atoms with E-state index in [1.165, 1.54) is 6.07 Å². The minimum absolute atomic E-state index is 0.0201. The average molecular weight is 271 g/mol. The summed E-state index contributed by atoms with van der Waals surface area (Å²) in [6.07, 6.45) is 0. The van der Waals surface area contributed by atoms with Crippen LogP contribution in [0.2, 0.25) is 0 Å². The van der Waals surface area contributed by atoms with Gasteiger partial charge in [-0.25, -0.2) is 8.78 Å². The molecule has 0 saturated heterocycles. The van der Waals surface area contributed by atoms with Crippen LogP contribution in [0.1, 0.15) is 5.69 Å². The number of hydrogen-bond acceptors (Lipinski definition) is 1. The Balaban J connectivity index is 1.89. The second-order valence-corrected chi connectivity index (χ2v) is 4.39. The molecule has 3 N–H and O–H groups in total. The Labute approximate surface area is 113 Å². The van der Waals surface area contributed by atoms with Crippen molar-refractivity contribution in [1.29, 1.82) is 5.41 Å². The monoisotopic (exact) mass is 271 g/mol. The molecular weight excluding hydrogens is 260 g/mol. The number of aromatic amines is 1. The summed E-state index contributed by atoms with van der Waals surface area (Å²) in [4.78, 5) is 3.06. The van der Waals surface area contributed by atoms with Crippen LogP contribution in [-0.2, 0) is 0 Å². The zero-order valence-corrected chi connectivity index (χ0v) is 10.4. The molecule has 2 aromatic carbocycles. The average Bonchev–Trinajstić information content (AvgIpc) is 2.86. The third kappa shape index (κ3) is 2.25. The number of H-pyrrole nitrogens is 1. The van der Waals surface area contributed by atoms with E-state index in [1.54, 1.807) is 6.07 Å². The topological polar surface area (TPSA) is 51.7 Å². The highest BCUT2D eigenvalue weighted by molar-refractivity contribution is 6.07. The number of fused-ring (bicyclic) bond motifs is 1. The van der Waals surface area contributed by atoms with E-state index in [-0.39, 0.29) is 11.5 Å². The van der Waals surface area contributed by atoms with Crippen molar-refractivity contribution in [3.05, 3.63) is 65.9 Å². The van der Waals surface area contributed by atoms with Gasteiger partial charge in [0, 0.05) is 17.0 Å². The van der Waals surface area contributed by atoms with Gasteiger partial charge in [0.2, 0.25) is 0 Å². The Bertz CT molecular complexity index is 760. The minimum Gasteiger partial charge on any atom is -0.352 e. The molecule has 1 heterocycles. The van der Waals surface area contributed by atoms with E-state index in [2.05, 4.69) is 10.3 Å². The summed E-state index contributed by atoms with van der Waals surface area (Å²) in [5.74, 6) is -1.36. The van der Waals surface area contributed by atoms with E-state index in [1.807, 2.05) is 24.3 Å². The van der Waals surface area contributed by atoms with Crippen LogP contribution in [0, 0.1) is 17.0 Å². The number of nitrogens with one attached hydrogen (secondary N) is 3. The van der Waals surface area contributed by atoms with Gasteiger partial charge < -0.3 is 10.3 Å². The van der Waals surface area contributed by atoms with E-state index >= 15 is 0 Å². The molecule has 3 aromatic rings. The van der Waals surface area contributed by atoms with Crippen molar-refractivity contribution < 1.29 is 8.78 Å². The van der Waals surface area contributed by atoms with Gasteiger partial charge in [0.25, 0.3) is 0 Å². The molecule has 1 aromatic heterocycles. The molecule has 0 aliphatic carbocycles. The first-order chi connectivity index (χ1) is 9.63. The highest BCUT2D eigenvalue weighted by Gasteiger charge is 2.09. The van der Waals surface area contributed by atoms with Gasteiger partial charge in [-0.1, -0.05) is 18.2 Å². The van der Waals surface area contributed by atoms with E-state index in [4.69, 9.17) is 5.41 Å². The summed E-state index contributed by atoms with van der Waals surface area (Å²) in [6, 6.07) is 12.6. The van der Waals surface area contributed by atoms with Crippen LogP contribution in [0.15, 0.2) is 48.5 Å². The second-order valence-electron chi connectivity index (χ2n) is 4.39. The van der Waals surface area contributed by atoms with Crippen LogP contribution >= 0.6 is 0 Å². The zero-order valence-electron chi connectivity index (χ0n) is 10.4. The molecule has 5 heteroatoms. The maximum absolute atomic E-state index is 13.5. The van der Waals surface area contributed by atoms with Gasteiger partial charge in [0.15, 0.2) is 0 Å². The van der Waals surface area contributed by atoms with Gasteiger partial charge in [0.1, 0.15) is 17.5 Å². The van der Waals surface area contributed by atoms with E-state index in [9.17, 15) is 8.78 Å². The van der Waals surface area contributed by atoms with Crippen molar-refractivity contribution in [1.82, 2.24) is 4.98 Å². The number of rotatable bonds is 2. The van der Waals surface area contributed by atoms with Crippen LogP contribution in [0.25, 0.3) is 10.9 Å². The third-order valence-electron chi connectivity index (χ3n) is 2.99. The van der Waals surface area contributed by atoms with Gasteiger partial charge >= 0.3 is 0 Å². The van der Waals surface area contributed by atoms with Crippen molar-refractivity contribution in [2.75, 3.05) is 5.32 Å². The molecule has 0 aliphatic rings. The third-order valence-corrected chi connectivity index (χ3v) is 2.99. The van der Waals surface area contributed by atoms with E-state index in [0.29, 0.717) is 5.69 Å². The Hall–Kier alpha value is -2.69. The molecule has 0 amide bonds. The molecule has 3 rings (SSSR count). The maximum atomic E-state index is 13.5. The molecule has 0 spiro atoms. The molecule has 20 heavy (non-hydrogen) atoms. The molecule has 0 fully saturated rings. The lowest BCUT2D eigenvalue weighted by atomic mass is 10.2. The van der Waals surface area contributed by atoms with Crippen LogP contribution < -0.4 is 5.32 Å². The summed E-state index contributed by atoms with van der Waals surface area (Å²) >= 11 is 0. The smallest absolute Gasteiger partial charge is 0.149 e. The van der Waals surface area contributed by atoms with Crippen LogP contribution in [0.3, 0.4) is 0 Å². The molecule has 100 valence electrons.